The Labute approximate surface area is 194 Å². The van der Waals surface area contributed by atoms with Crippen molar-refractivity contribution in [1.82, 2.24) is 9.97 Å². The lowest BCUT2D eigenvalue weighted by molar-refractivity contribution is 0.102. The number of urea groups is 1. The van der Waals surface area contributed by atoms with Gasteiger partial charge in [-0.05, 0) is 47.7 Å². The largest absolute Gasteiger partial charge is 0.373 e. The highest BCUT2D eigenvalue weighted by molar-refractivity contribution is 6.06. The standard InChI is InChI=1S/C25H30N6O2/c1-16-7-8-17(23(32)29-19-11-9-18(10-12-19)25(2,3)4)13-20(16)30-24(33)31(6)22-14-21(26-5)27-15-28-22/h7-15H,1-6H3,(H,29,32)(H,30,33)(H,26,27,28). The van der Waals surface area contributed by atoms with E-state index in [4.69, 9.17) is 0 Å². The Kier molecular flexibility index (Phi) is 6.96. The first-order chi connectivity index (χ1) is 15.6. The van der Waals surface area contributed by atoms with Gasteiger partial charge >= 0.3 is 6.03 Å². The van der Waals surface area contributed by atoms with Crippen molar-refractivity contribution in [2.45, 2.75) is 33.1 Å². The summed E-state index contributed by atoms with van der Waals surface area (Å²) in [7, 11) is 3.36. The van der Waals surface area contributed by atoms with Crippen LogP contribution in [0.2, 0.25) is 0 Å². The molecule has 0 unspecified atom stereocenters. The highest BCUT2D eigenvalue weighted by atomic mass is 16.2. The van der Waals surface area contributed by atoms with Gasteiger partial charge in [0.1, 0.15) is 18.0 Å². The van der Waals surface area contributed by atoms with E-state index in [0.717, 1.165) is 5.56 Å². The zero-order chi connectivity index (χ0) is 24.2. The van der Waals surface area contributed by atoms with Crippen molar-refractivity contribution in [2.24, 2.45) is 0 Å². The van der Waals surface area contributed by atoms with Crippen LogP contribution in [0.5, 0.6) is 0 Å². The SMILES string of the molecule is CNc1cc(N(C)C(=O)Nc2cc(C(=O)Nc3ccc(C(C)(C)C)cc3)ccc2C)ncn1. The monoisotopic (exact) mass is 446 g/mol. The molecular weight excluding hydrogens is 416 g/mol. The number of aromatic nitrogens is 2. The topological polar surface area (TPSA) is 99.2 Å². The Balaban J connectivity index is 1.73. The predicted octanol–water partition coefficient (Wildman–Crippen LogP) is 5.04. The minimum Gasteiger partial charge on any atom is -0.373 e. The van der Waals surface area contributed by atoms with E-state index in [1.165, 1.54) is 16.8 Å². The molecule has 8 heteroatoms. The molecule has 0 bridgehead atoms. The highest BCUT2D eigenvalue weighted by Gasteiger charge is 2.16. The van der Waals surface area contributed by atoms with Crippen LogP contribution >= 0.6 is 0 Å². The summed E-state index contributed by atoms with van der Waals surface area (Å²) in [5, 5.41) is 8.68. The zero-order valence-corrected chi connectivity index (χ0v) is 19.9. The maximum Gasteiger partial charge on any atom is 0.327 e. The fraction of sp³-hybridized carbons (Fsp3) is 0.280. The molecule has 8 nitrogen and oxygen atoms in total. The number of rotatable bonds is 5. The van der Waals surface area contributed by atoms with E-state index in [1.54, 1.807) is 38.4 Å². The fourth-order valence-corrected chi connectivity index (χ4v) is 3.13. The average molecular weight is 447 g/mol. The van der Waals surface area contributed by atoms with Gasteiger partial charge in [0.15, 0.2) is 0 Å². The number of benzene rings is 2. The summed E-state index contributed by atoms with van der Waals surface area (Å²) in [5.74, 6) is 0.791. The summed E-state index contributed by atoms with van der Waals surface area (Å²) < 4.78 is 0. The van der Waals surface area contributed by atoms with Gasteiger partial charge in [0.25, 0.3) is 5.91 Å². The molecule has 0 atom stereocenters. The second kappa shape index (κ2) is 9.68. The average Bonchev–Trinajstić information content (AvgIpc) is 2.79. The number of hydrogen-bond donors (Lipinski definition) is 3. The molecule has 0 saturated heterocycles. The molecule has 0 aliphatic heterocycles. The number of anilines is 4. The van der Waals surface area contributed by atoms with Crippen LogP contribution in [0, 0.1) is 6.92 Å². The van der Waals surface area contributed by atoms with Crippen LogP contribution in [0.3, 0.4) is 0 Å². The van der Waals surface area contributed by atoms with E-state index in [0.29, 0.717) is 28.6 Å². The van der Waals surface area contributed by atoms with Crippen molar-refractivity contribution in [3.8, 4) is 0 Å². The first-order valence-corrected chi connectivity index (χ1v) is 10.7. The van der Waals surface area contributed by atoms with Crippen molar-refractivity contribution < 1.29 is 9.59 Å². The van der Waals surface area contributed by atoms with Gasteiger partial charge in [-0.2, -0.15) is 0 Å². The van der Waals surface area contributed by atoms with Gasteiger partial charge in [-0.15, -0.1) is 0 Å². The molecule has 3 N–H and O–H groups in total. The molecule has 1 aromatic heterocycles. The predicted molar refractivity (Wildman–Crippen MR) is 133 cm³/mol. The van der Waals surface area contributed by atoms with E-state index in [9.17, 15) is 9.59 Å². The maximum atomic E-state index is 12.8. The third-order valence-corrected chi connectivity index (χ3v) is 5.31. The van der Waals surface area contributed by atoms with Crippen molar-refractivity contribution in [3.63, 3.8) is 0 Å². The van der Waals surface area contributed by atoms with Gasteiger partial charge < -0.3 is 16.0 Å². The molecule has 3 aromatic rings. The van der Waals surface area contributed by atoms with Crippen molar-refractivity contribution in [3.05, 3.63) is 71.5 Å². The fourth-order valence-electron chi connectivity index (χ4n) is 3.13. The molecule has 0 radical (unpaired) electrons. The molecular formula is C25H30N6O2. The van der Waals surface area contributed by atoms with Gasteiger partial charge in [-0.1, -0.05) is 39.0 Å². The molecule has 33 heavy (non-hydrogen) atoms. The number of nitrogens with one attached hydrogen (secondary N) is 3. The zero-order valence-electron chi connectivity index (χ0n) is 19.9. The molecule has 0 fully saturated rings. The van der Waals surface area contributed by atoms with Crippen LogP contribution in [-0.2, 0) is 5.41 Å². The molecule has 0 aliphatic rings. The third kappa shape index (κ3) is 5.85. The van der Waals surface area contributed by atoms with Crippen molar-refractivity contribution in [1.29, 1.82) is 0 Å². The molecule has 172 valence electrons. The van der Waals surface area contributed by atoms with Crippen molar-refractivity contribution in [2.75, 3.05) is 34.9 Å². The highest BCUT2D eigenvalue weighted by Crippen LogP contribution is 2.24. The van der Waals surface area contributed by atoms with Crippen LogP contribution in [0.15, 0.2) is 54.9 Å². The van der Waals surface area contributed by atoms with E-state index in [-0.39, 0.29) is 17.4 Å². The Morgan fingerprint density at radius 1 is 0.939 bits per heavy atom. The lowest BCUT2D eigenvalue weighted by Crippen LogP contribution is -2.32. The molecule has 0 aliphatic carbocycles. The summed E-state index contributed by atoms with van der Waals surface area (Å²) >= 11 is 0. The number of carbonyl (C=O) groups excluding carboxylic acids is 2. The lowest BCUT2D eigenvalue weighted by Gasteiger charge is -2.19. The van der Waals surface area contributed by atoms with Gasteiger partial charge in [-0.25, -0.2) is 14.8 Å². The number of nitrogens with zero attached hydrogens (tertiary/aromatic N) is 3. The first-order valence-electron chi connectivity index (χ1n) is 10.7. The summed E-state index contributed by atoms with van der Waals surface area (Å²) in [6, 6.07) is 14.3. The minimum atomic E-state index is -0.380. The van der Waals surface area contributed by atoms with Gasteiger partial charge in [0.2, 0.25) is 0 Å². The Bertz CT molecular complexity index is 1150. The van der Waals surface area contributed by atoms with Crippen LogP contribution < -0.4 is 20.9 Å². The van der Waals surface area contributed by atoms with Crippen LogP contribution in [0.25, 0.3) is 0 Å². The van der Waals surface area contributed by atoms with E-state index in [1.807, 2.05) is 31.2 Å². The normalized spacial score (nSPS) is 11.0. The summed E-state index contributed by atoms with van der Waals surface area (Å²) in [6.07, 6.45) is 1.38. The number of amides is 3. The molecule has 2 aromatic carbocycles. The maximum absolute atomic E-state index is 12.8. The molecule has 3 amide bonds. The van der Waals surface area contributed by atoms with Crippen LogP contribution in [0.1, 0.15) is 42.3 Å². The molecule has 3 rings (SSSR count). The molecule has 1 heterocycles. The van der Waals surface area contributed by atoms with Crippen LogP contribution in [-0.4, -0.2) is 36.0 Å². The molecule has 0 saturated carbocycles. The Morgan fingerprint density at radius 2 is 1.64 bits per heavy atom. The summed E-state index contributed by atoms with van der Waals surface area (Å²) in [5.41, 5.74) is 3.77. The van der Waals surface area contributed by atoms with Gasteiger partial charge in [-0.3, -0.25) is 9.69 Å². The van der Waals surface area contributed by atoms with Gasteiger partial charge in [0.05, 0.1) is 0 Å². The Hall–Kier alpha value is -3.94. The van der Waals surface area contributed by atoms with E-state index in [2.05, 4.69) is 46.7 Å². The van der Waals surface area contributed by atoms with Crippen molar-refractivity contribution >= 4 is 34.9 Å². The smallest absolute Gasteiger partial charge is 0.327 e. The first kappa shape index (κ1) is 23.7. The minimum absolute atomic E-state index is 0.0418. The second-order valence-electron chi connectivity index (χ2n) is 8.81. The Morgan fingerprint density at radius 3 is 2.27 bits per heavy atom. The molecule has 0 spiro atoms. The van der Waals surface area contributed by atoms with E-state index < -0.39 is 0 Å². The van der Waals surface area contributed by atoms with E-state index >= 15 is 0 Å². The lowest BCUT2D eigenvalue weighted by atomic mass is 9.87. The third-order valence-electron chi connectivity index (χ3n) is 5.31. The number of carbonyl (C=O) groups is 2. The summed E-state index contributed by atoms with van der Waals surface area (Å²) in [6.45, 7) is 8.30. The number of aryl methyl sites for hydroxylation is 1. The van der Waals surface area contributed by atoms with Gasteiger partial charge in [0, 0.05) is 37.1 Å². The second-order valence-corrected chi connectivity index (χ2v) is 8.81. The number of hydrogen-bond acceptors (Lipinski definition) is 5. The van der Waals surface area contributed by atoms with Crippen LogP contribution in [0.4, 0.5) is 27.8 Å². The quantitative estimate of drug-likeness (QED) is 0.510. The summed E-state index contributed by atoms with van der Waals surface area (Å²) in [4.78, 5) is 35.2.